The van der Waals surface area contributed by atoms with Crippen LogP contribution in [0.5, 0.6) is 0 Å². The minimum Gasteiger partial charge on any atom is -0.316 e. The van der Waals surface area contributed by atoms with E-state index in [1.165, 1.54) is 45.4 Å². The van der Waals surface area contributed by atoms with Gasteiger partial charge in [0.05, 0.1) is 0 Å². The molecular weight excluding hydrogens is 210 g/mol. The second-order valence-electron chi connectivity index (χ2n) is 6.56. The van der Waals surface area contributed by atoms with E-state index in [1.807, 2.05) is 0 Å². The highest BCUT2D eigenvalue weighted by Gasteiger charge is 2.40. The van der Waals surface area contributed by atoms with Crippen molar-refractivity contribution in [3.63, 3.8) is 0 Å². The molecule has 0 aromatic rings. The molecule has 2 fully saturated rings. The Labute approximate surface area is 107 Å². The number of nitrogens with zero attached hydrogens (tertiary/aromatic N) is 2. The number of likely N-dealkylation sites (N-methyl/N-ethyl adjacent to an activating group) is 2. The zero-order chi connectivity index (χ0) is 12.5. The summed E-state index contributed by atoms with van der Waals surface area (Å²) in [7, 11) is 6.79. The van der Waals surface area contributed by atoms with Gasteiger partial charge in [0, 0.05) is 18.6 Å². The van der Waals surface area contributed by atoms with Gasteiger partial charge in [-0.2, -0.15) is 0 Å². The van der Waals surface area contributed by atoms with Gasteiger partial charge in [0.1, 0.15) is 0 Å². The van der Waals surface area contributed by atoms with E-state index in [2.05, 4.69) is 43.2 Å². The van der Waals surface area contributed by atoms with Crippen molar-refractivity contribution in [3.8, 4) is 0 Å². The fraction of sp³-hybridized carbons (Fsp3) is 1.00. The summed E-state index contributed by atoms with van der Waals surface area (Å²) in [5.74, 6) is 1.69. The summed E-state index contributed by atoms with van der Waals surface area (Å²) in [6.45, 7) is 7.29. The number of hydrogen-bond acceptors (Lipinski definition) is 3. The van der Waals surface area contributed by atoms with Gasteiger partial charge in [0.25, 0.3) is 0 Å². The molecule has 0 amide bonds. The van der Waals surface area contributed by atoms with Gasteiger partial charge in [-0.25, -0.2) is 0 Å². The van der Waals surface area contributed by atoms with E-state index < -0.39 is 0 Å². The number of rotatable bonds is 5. The van der Waals surface area contributed by atoms with E-state index in [0.717, 1.165) is 11.8 Å². The lowest BCUT2D eigenvalue weighted by atomic mass is 9.75. The third kappa shape index (κ3) is 2.83. The Morgan fingerprint density at radius 3 is 2.29 bits per heavy atom. The molecule has 1 aliphatic heterocycles. The van der Waals surface area contributed by atoms with Crippen LogP contribution in [0, 0.1) is 11.8 Å². The zero-order valence-electron chi connectivity index (χ0n) is 12.0. The Bertz CT molecular complexity index is 248. The van der Waals surface area contributed by atoms with E-state index in [4.69, 9.17) is 0 Å². The Kier molecular flexibility index (Phi) is 4.11. The maximum Gasteiger partial charge on any atom is 0.0330 e. The molecule has 0 aromatic heterocycles. The molecule has 0 bridgehead atoms. The van der Waals surface area contributed by atoms with Gasteiger partial charge in [0.15, 0.2) is 0 Å². The Balaban J connectivity index is 1.82. The van der Waals surface area contributed by atoms with Gasteiger partial charge in [-0.3, -0.25) is 0 Å². The molecule has 2 unspecified atom stereocenters. The molecule has 0 radical (unpaired) electrons. The second-order valence-corrected chi connectivity index (χ2v) is 6.56. The van der Waals surface area contributed by atoms with Gasteiger partial charge < -0.3 is 15.1 Å². The molecular formula is C14H29N3. The first-order valence-electron chi connectivity index (χ1n) is 7.10. The summed E-state index contributed by atoms with van der Waals surface area (Å²) in [4.78, 5) is 5.01. The quantitative estimate of drug-likeness (QED) is 0.779. The molecule has 2 aliphatic rings. The molecule has 2 rings (SSSR count). The molecule has 3 nitrogen and oxygen atoms in total. The predicted octanol–water partition coefficient (Wildman–Crippen LogP) is 1.26. The maximum atomic E-state index is 3.50. The smallest absolute Gasteiger partial charge is 0.0330 e. The van der Waals surface area contributed by atoms with E-state index >= 15 is 0 Å². The molecule has 1 heterocycles. The summed E-state index contributed by atoms with van der Waals surface area (Å²) in [6, 6.07) is 0. The van der Waals surface area contributed by atoms with E-state index in [1.54, 1.807) is 0 Å². The Hall–Kier alpha value is -0.120. The Morgan fingerprint density at radius 2 is 1.88 bits per heavy atom. The number of hydrogen-bond donors (Lipinski definition) is 1. The van der Waals surface area contributed by atoms with Crippen LogP contribution < -0.4 is 5.32 Å². The standard InChI is InChI=1S/C14H29N3/c1-12-8-15-9-13(12)10-17(4)11-14(16(2)3)6-5-7-14/h12-13,15H,5-11H2,1-4H3. The van der Waals surface area contributed by atoms with E-state index in [9.17, 15) is 0 Å². The molecule has 1 aliphatic carbocycles. The molecule has 1 saturated heterocycles. The van der Waals surface area contributed by atoms with Crippen LogP contribution in [0.3, 0.4) is 0 Å². The van der Waals surface area contributed by atoms with Crippen molar-refractivity contribution in [1.82, 2.24) is 15.1 Å². The van der Waals surface area contributed by atoms with Gasteiger partial charge in [-0.05, 0) is 65.3 Å². The van der Waals surface area contributed by atoms with Crippen molar-refractivity contribution < 1.29 is 0 Å². The molecule has 1 N–H and O–H groups in total. The average Bonchev–Trinajstić information content (AvgIpc) is 2.58. The first-order chi connectivity index (χ1) is 8.03. The lowest BCUT2D eigenvalue weighted by Gasteiger charge is -2.49. The molecule has 3 heteroatoms. The summed E-state index contributed by atoms with van der Waals surface area (Å²) < 4.78 is 0. The van der Waals surface area contributed by atoms with Gasteiger partial charge in [-0.15, -0.1) is 0 Å². The molecule has 0 spiro atoms. The molecule has 100 valence electrons. The van der Waals surface area contributed by atoms with Crippen LogP contribution in [-0.2, 0) is 0 Å². The van der Waals surface area contributed by atoms with Crippen molar-refractivity contribution in [2.24, 2.45) is 11.8 Å². The molecule has 0 aromatic carbocycles. The lowest BCUT2D eigenvalue weighted by molar-refractivity contribution is 0.0234. The molecule has 1 saturated carbocycles. The first-order valence-corrected chi connectivity index (χ1v) is 7.10. The van der Waals surface area contributed by atoms with Crippen LogP contribution in [0.25, 0.3) is 0 Å². The predicted molar refractivity (Wildman–Crippen MR) is 73.3 cm³/mol. The maximum absolute atomic E-state index is 3.50. The lowest BCUT2D eigenvalue weighted by Crippen LogP contribution is -2.57. The van der Waals surface area contributed by atoms with Crippen molar-refractivity contribution >= 4 is 0 Å². The summed E-state index contributed by atoms with van der Waals surface area (Å²) in [6.07, 6.45) is 4.17. The van der Waals surface area contributed by atoms with Gasteiger partial charge >= 0.3 is 0 Å². The first kappa shape index (κ1) is 13.3. The van der Waals surface area contributed by atoms with Gasteiger partial charge in [0.2, 0.25) is 0 Å². The SMILES string of the molecule is CC1CNCC1CN(C)CC1(N(C)C)CCC1. The third-order valence-corrected chi connectivity index (χ3v) is 5.02. The molecule has 17 heavy (non-hydrogen) atoms. The third-order valence-electron chi connectivity index (χ3n) is 5.02. The van der Waals surface area contributed by atoms with E-state index in [0.29, 0.717) is 5.54 Å². The highest BCUT2D eigenvalue weighted by molar-refractivity contribution is 4.98. The van der Waals surface area contributed by atoms with Crippen molar-refractivity contribution in [2.75, 3.05) is 47.3 Å². The monoisotopic (exact) mass is 239 g/mol. The number of nitrogens with one attached hydrogen (secondary N) is 1. The highest BCUT2D eigenvalue weighted by Crippen LogP contribution is 2.36. The van der Waals surface area contributed by atoms with Crippen molar-refractivity contribution in [1.29, 1.82) is 0 Å². The van der Waals surface area contributed by atoms with Crippen LogP contribution >= 0.6 is 0 Å². The van der Waals surface area contributed by atoms with E-state index in [-0.39, 0.29) is 0 Å². The largest absolute Gasteiger partial charge is 0.316 e. The fourth-order valence-electron chi connectivity index (χ4n) is 3.41. The second kappa shape index (κ2) is 5.25. The Morgan fingerprint density at radius 1 is 1.18 bits per heavy atom. The minimum atomic E-state index is 0.476. The van der Waals surface area contributed by atoms with Crippen LogP contribution in [-0.4, -0.2) is 62.7 Å². The van der Waals surface area contributed by atoms with Crippen molar-refractivity contribution in [3.05, 3.63) is 0 Å². The highest BCUT2D eigenvalue weighted by atomic mass is 15.2. The van der Waals surface area contributed by atoms with Crippen LogP contribution in [0.4, 0.5) is 0 Å². The van der Waals surface area contributed by atoms with Crippen LogP contribution in [0.15, 0.2) is 0 Å². The minimum absolute atomic E-state index is 0.476. The zero-order valence-corrected chi connectivity index (χ0v) is 12.0. The molecule has 2 atom stereocenters. The van der Waals surface area contributed by atoms with Crippen molar-refractivity contribution in [2.45, 2.75) is 31.7 Å². The normalized spacial score (nSPS) is 32.1. The van der Waals surface area contributed by atoms with Crippen LogP contribution in [0.2, 0.25) is 0 Å². The summed E-state index contributed by atoms with van der Waals surface area (Å²) >= 11 is 0. The average molecular weight is 239 g/mol. The topological polar surface area (TPSA) is 18.5 Å². The van der Waals surface area contributed by atoms with Crippen LogP contribution in [0.1, 0.15) is 26.2 Å². The summed E-state index contributed by atoms with van der Waals surface area (Å²) in [5, 5.41) is 3.50. The summed E-state index contributed by atoms with van der Waals surface area (Å²) in [5.41, 5.74) is 0.476. The van der Waals surface area contributed by atoms with Gasteiger partial charge in [-0.1, -0.05) is 6.92 Å². The fourth-order valence-corrected chi connectivity index (χ4v) is 3.41.